The molecule has 13 heteroatoms. The van der Waals surface area contributed by atoms with Gasteiger partial charge in [-0.2, -0.15) is 0 Å². The molecule has 2 aliphatic carbocycles. The van der Waals surface area contributed by atoms with Gasteiger partial charge in [0, 0.05) is 13.3 Å². The van der Waals surface area contributed by atoms with Crippen LogP contribution in [0.25, 0.3) is 0 Å². The first-order valence-electron chi connectivity index (χ1n) is 15.0. The van der Waals surface area contributed by atoms with Crippen molar-refractivity contribution in [3.63, 3.8) is 0 Å². The number of aliphatic hydroxyl groups excluding tert-OH is 1. The van der Waals surface area contributed by atoms with E-state index in [1.807, 2.05) is 48.0 Å². The van der Waals surface area contributed by atoms with E-state index in [2.05, 4.69) is 0 Å². The predicted molar refractivity (Wildman–Crippen MR) is 156 cm³/mol. The number of hydrogen-bond acceptors (Lipinski definition) is 11. The van der Waals surface area contributed by atoms with Gasteiger partial charge in [0.1, 0.15) is 31.0 Å². The van der Waals surface area contributed by atoms with Crippen LogP contribution in [0.1, 0.15) is 74.1 Å². The minimum atomic E-state index is -4.72. The molecule has 0 aromatic heterocycles. The molecule has 0 amide bonds. The van der Waals surface area contributed by atoms with Crippen molar-refractivity contribution in [2.24, 2.45) is 10.8 Å². The zero-order chi connectivity index (χ0) is 32.9. The molecule has 1 heterocycles. The lowest BCUT2D eigenvalue weighted by Gasteiger charge is -2.67. The molecule has 43 heavy (non-hydrogen) atoms. The highest BCUT2D eigenvalue weighted by Crippen LogP contribution is 2.65. The summed E-state index contributed by atoms with van der Waals surface area (Å²) in [5, 5.41) is 24.0. The van der Waals surface area contributed by atoms with Gasteiger partial charge in [0.2, 0.25) is 0 Å². The van der Waals surface area contributed by atoms with Gasteiger partial charge in [-0.1, -0.05) is 32.4 Å². The SMILES string of the molecule is CC[C@@]1(C)CC(=O)[C@@]2(O)[C@](C)(O1)[C@@H](OCC(COP(=O)([O-])OCC[N+](C)(C)C)OC(C)=O)C=C1C(C)(C)CC[C@H](O)[C@@]12C. The Balaban J connectivity index is 1.95. The summed E-state index contributed by atoms with van der Waals surface area (Å²) in [4.78, 5) is 38.4. The minimum Gasteiger partial charge on any atom is -0.756 e. The number of ether oxygens (including phenoxy) is 3. The molecular formula is C30H52NO11P. The molecule has 0 aromatic rings. The number of rotatable bonds is 12. The van der Waals surface area contributed by atoms with Gasteiger partial charge in [-0.25, -0.2) is 0 Å². The molecular weight excluding hydrogens is 581 g/mol. The Morgan fingerprint density at radius 3 is 2.37 bits per heavy atom. The van der Waals surface area contributed by atoms with Crippen molar-refractivity contribution in [1.82, 2.24) is 0 Å². The van der Waals surface area contributed by atoms with Crippen molar-refractivity contribution in [2.45, 2.75) is 109 Å². The van der Waals surface area contributed by atoms with Crippen LogP contribution in [0.5, 0.6) is 0 Å². The first-order chi connectivity index (χ1) is 19.5. The van der Waals surface area contributed by atoms with Crippen molar-refractivity contribution in [3.8, 4) is 0 Å². The smallest absolute Gasteiger partial charge is 0.303 e. The van der Waals surface area contributed by atoms with Crippen molar-refractivity contribution in [1.29, 1.82) is 0 Å². The van der Waals surface area contributed by atoms with Gasteiger partial charge in [0.05, 0.1) is 51.5 Å². The summed E-state index contributed by atoms with van der Waals surface area (Å²) in [6, 6.07) is 0. The Hall–Kier alpha value is -1.21. The van der Waals surface area contributed by atoms with Crippen LogP contribution in [0.15, 0.2) is 11.6 Å². The number of phosphoric acid groups is 1. The fraction of sp³-hybridized carbons (Fsp3) is 0.867. The Morgan fingerprint density at radius 1 is 1.19 bits per heavy atom. The first kappa shape index (κ1) is 36.3. The van der Waals surface area contributed by atoms with Gasteiger partial charge in [0.25, 0.3) is 7.82 Å². The van der Waals surface area contributed by atoms with E-state index in [1.165, 1.54) is 6.92 Å². The zero-order valence-corrected chi connectivity index (χ0v) is 28.3. The van der Waals surface area contributed by atoms with Crippen molar-refractivity contribution in [3.05, 3.63) is 11.6 Å². The Labute approximate surface area is 255 Å². The Morgan fingerprint density at radius 2 is 1.81 bits per heavy atom. The van der Waals surface area contributed by atoms with E-state index in [0.717, 1.165) is 0 Å². The molecule has 0 spiro atoms. The largest absolute Gasteiger partial charge is 0.756 e. The number of nitrogens with zero attached hydrogens (tertiary/aromatic N) is 1. The molecule has 12 nitrogen and oxygen atoms in total. The minimum absolute atomic E-state index is 0.0465. The van der Waals surface area contributed by atoms with Crippen LogP contribution >= 0.6 is 7.82 Å². The van der Waals surface area contributed by atoms with Gasteiger partial charge < -0.3 is 42.8 Å². The zero-order valence-electron chi connectivity index (χ0n) is 27.4. The Bertz CT molecular complexity index is 1150. The standard InChI is InChI=1S/C30H52NO11P/c1-11-27(5)17-24(34)30(35)28(6)22(26(3,4)13-12-23(28)33)16-25(29(30,7)42-27)38-18-21(41-20(2)32)19-40-43(36,37)39-15-14-31(8,9)10/h16,21,23,25,33,35H,11-15,17-19H2,1-10H3/t21?,23-,25-,27-,28+,29+,30-/m0/s1. The van der Waals surface area contributed by atoms with Gasteiger partial charge in [-0.15, -0.1) is 0 Å². The van der Waals surface area contributed by atoms with E-state index in [1.54, 1.807) is 20.8 Å². The lowest BCUT2D eigenvalue weighted by molar-refractivity contribution is -0.870. The number of likely N-dealkylation sites (N-methyl/N-ethyl adjacent to an activating group) is 1. The van der Waals surface area contributed by atoms with Crippen LogP contribution in [0.2, 0.25) is 0 Å². The van der Waals surface area contributed by atoms with Gasteiger partial charge in [0.15, 0.2) is 11.4 Å². The topological polar surface area (TPSA) is 161 Å². The number of fused-ring (bicyclic) bond motifs is 3. The number of carbonyl (C=O) groups is 2. The van der Waals surface area contributed by atoms with E-state index in [0.29, 0.717) is 35.9 Å². The number of aliphatic hydroxyl groups is 2. The second-order valence-electron chi connectivity index (χ2n) is 14.6. The summed E-state index contributed by atoms with van der Waals surface area (Å²) in [6.07, 6.45) is 0.0500. The number of hydrogen-bond donors (Lipinski definition) is 2. The van der Waals surface area contributed by atoms with E-state index < -0.39 is 72.1 Å². The number of esters is 1. The lowest BCUT2D eigenvalue weighted by atomic mass is 9.44. The highest BCUT2D eigenvalue weighted by molar-refractivity contribution is 7.45. The number of carbonyl (C=O) groups excluding carboxylic acids is 2. The number of quaternary nitrogens is 1. The maximum Gasteiger partial charge on any atom is 0.303 e. The molecule has 1 saturated heterocycles. The van der Waals surface area contributed by atoms with Crippen LogP contribution in [-0.4, -0.2) is 109 Å². The molecule has 3 aliphatic rings. The fourth-order valence-corrected chi connectivity index (χ4v) is 7.72. The second-order valence-corrected chi connectivity index (χ2v) is 16.0. The second kappa shape index (κ2) is 12.2. The average molecular weight is 634 g/mol. The van der Waals surface area contributed by atoms with Crippen LogP contribution in [0, 0.1) is 10.8 Å². The molecule has 248 valence electrons. The van der Waals surface area contributed by atoms with Crippen LogP contribution in [-0.2, 0) is 37.4 Å². The van der Waals surface area contributed by atoms with Gasteiger partial charge in [-0.05, 0) is 45.4 Å². The van der Waals surface area contributed by atoms with Gasteiger partial charge >= 0.3 is 5.97 Å². The summed E-state index contributed by atoms with van der Waals surface area (Å²) in [5.41, 5.74) is -5.88. The normalized spacial score (nSPS) is 37.9. The molecule has 0 aromatic carbocycles. The third-order valence-corrected chi connectivity index (χ3v) is 10.7. The summed E-state index contributed by atoms with van der Waals surface area (Å²) in [6.45, 7) is 11.6. The number of phosphoric ester groups is 1. The molecule has 3 rings (SSSR count). The maximum atomic E-state index is 14.0. The van der Waals surface area contributed by atoms with Crippen molar-refractivity contribution >= 4 is 19.6 Å². The Kier molecular flexibility index (Phi) is 10.3. The van der Waals surface area contributed by atoms with Gasteiger partial charge in [-0.3, -0.25) is 14.2 Å². The molecule has 2 N–H and O–H groups in total. The van der Waals surface area contributed by atoms with E-state index in [-0.39, 0.29) is 19.6 Å². The molecule has 8 atom stereocenters. The first-order valence-corrected chi connectivity index (χ1v) is 16.5. The average Bonchev–Trinajstić information content (AvgIpc) is 2.85. The molecule has 1 aliphatic heterocycles. The molecule has 2 fully saturated rings. The predicted octanol–water partition coefficient (Wildman–Crippen LogP) is 2.29. The highest BCUT2D eigenvalue weighted by atomic mass is 31.2. The molecule has 0 radical (unpaired) electrons. The quantitative estimate of drug-likeness (QED) is 0.140. The maximum absolute atomic E-state index is 14.0. The van der Waals surface area contributed by atoms with E-state index in [4.69, 9.17) is 23.3 Å². The summed E-state index contributed by atoms with van der Waals surface area (Å²) in [7, 11) is 0.950. The van der Waals surface area contributed by atoms with Crippen molar-refractivity contribution in [2.75, 3.05) is 47.5 Å². The third-order valence-electron chi connectivity index (χ3n) is 9.70. The fourth-order valence-electron chi connectivity index (χ4n) is 6.99. The lowest BCUT2D eigenvalue weighted by Crippen LogP contribution is -2.81. The summed E-state index contributed by atoms with van der Waals surface area (Å²) >= 11 is 0. The highest BCUT2D eigenvalue weighted by Gasteiger charge is 2.76. The van der Waals surface area contributed by atoms with E-state index in [9.17, 15) is 29.3 Å². The van der Waals surface area contributed by atoms with Crippen LogP contribution < -0.4 is 4.89 Å². The number of ketones is 1. The molecule has 0 bridgehead atoms. The summed E-state index contributed by atoms with van der Waals surface area (Å²) < 4.78 is 41.1. The van der Waals surface area contributed by atoms with Crippen LogP contribution in [0.4, 0.5) is 0 Å². The molecule has 2 unspecified atom stereocenters. The van der Waals surface area contributed by atoms with Crippen molar-refractivity contribution < 1.29 is 57.0 Å². The molecule has 1 saturated carbocycles. The van der Waals surface area contributed by atoms with E-state index >= 15 is 0 Å². The third kappa shape index (κ3) is 6.98. The van der Waals surface area contributed by atoms with Crippen LogP contribution in [0.3, 0.4) is 0 Å². The monoisotopic (exact) mass is 633 g/mol. The summed E-state index contributed by atoms with van der Waals surface area (Å²) in [5.74, 6) is -1.12. The number of Topliss-reactive ketones (excluding diaryl/α,β-unsaturated/α-hetero) is 1.